The molecular weight excluding hydrogens is 219 g/mol. The number of para-hydroxylation sites is 1. The van der Waals surface area contributed by atoms with Gasteiger partial charge in [0.15, 0.2) is 0 Å². The Balaban J connectivity index is 0.000000424. The summed E-state index contributed by atoms with van der Waals surface area (Å²) < 4.78 is 5.27. The van der Waals surface area contributed by atoms with Crippen molar-refractivity contribution in [2.45, 2.75) is 6.92 Å². The van der Waals surface area contributed by atoms with Crippen molar-refractivity contribution in [1.29, 1.82) is 0 Å². The van der Waals surface area contributed by atoms with E-state index in [0.717, 1.165) is 11.3 Å². The lowest BCUT2D eigenvalue weighted by atomic mass is 10.2. The fourth-order valence-electron chi connectivity index (χ4n) is 0.800. The van der Waals surface area contributed by atoms with Crippen LogP contribution in [0.1, 0.15) is 12.5 Å². The van der Waals surface area contributed by atoms with Crippen molar-refractivity contribution in [3.63, 3.8) is 0 Å². The molecule has 69 valence electrons. The van der Waals surface area contributed by atoms with Crippen LogP contribution in [0, 0.1) is 6.92 Å². The van der Waals surface area contributed by atoms with Gasteiger partial charge in [0.05, 0.1) is 6.61 Å². The summed E-state index contributed by atoms with van der Waals surface area (Å²) in [6.07, 6.45) is 0. The maximum Gasteiger partial charge on any atom is 0.618 e. The van der Waals surface area contributed by atoms with E-state index in [1.807, 2.05) is 31.2 Å². The first-order valence-corrected chi connectivity index (χ1v) is 8.19. The Morgan fingerprint density at radius 2 is 1.92 bits per heavy atom. The average molecular weight is 230 g/mol. The number of halogens is 2. The number of hydrogen-bond acceptors (Lipinski definition) is 1. The van der Waals surface area contributed by atoms with Crippen LogP contribution in [0.2, 0.25) is 0 Å². The number of benzene rings is 1. The quantitative estimate of drug-likeness (QED) is 0.709. The van der Waals surface area contributed by atoms with E-state index in [1.165, 1.54) is 0 Å². The largest absolute Gasteiger partial charge is 0.618 e. The monoisotopic (exact) mass is 229 g/mol. The zero-order chi connectivity index (χ0) is 10.1. The van der Waals surface area contributed by atoms with Crippen molar-refractivity contribution in [1.82, 2.24) is 0 Å². The normalized spacial score (nSPS) is 8.00. The second-order valence-corrected chi connectivity index (χ2v) is 4.77. The van der Waals surface area contributed by atoms with Gasteiger partial charge in [-0.15, -0.1) is 0 Å². The third-order valence-electron chi connectivity index (χ3n) is 1.27. The van der Waals surface area contributed by atoms with Gasteiger partial charge in [-0.2, -0.15) is 0 Å². The molecule has 0 amide bonds. The van der Waals surface area contributed by atoms with Gasteiger partial charge in [0.2, 0.25) is 0 Å². The molecule has 0 heterocycles. The van der Waals surface area contributed by atoms with Crippen molar-refractivity contribution >= 4 is 36.3 Å². The molecule has 0 aliphatic rings. The smallest absolute Gasteiger partial charge is 0.494 e. The fourth-order valence-corrected chi connectivity index (χ4v) is 0.800. The lowest BCUT2D eigenvalue weighted by molar-refractivity contribution is 0.339. The van der Waals surface area contributed by atoms with Crippen LogP contribution < -0.4 is 4.74 Å². The first kappa shape index (κ1) is 13.4. The summed E-state index contributed by atoms with van der Waals surface area (Å²) in [5, 5.41) is 0. The Hall–Kier alpha value is 0.366. The molecule has 0 saturated heterocycles. The molecule has 0 saturated carbocycles. The highest BCUT2D eigenvalue weighted by Crippen LogP contribution is 2.15. The molecule has 13 heavy (non-hydrogen) atoms. The molecule has 0 spiro atoms. The molecule has 0 aliphatic heterocycles. The van der Waals surface area contributed by atoms with Crippen LogP contribution in [0.25, 0.3) is 0 Å². The lowest BCUT2D eigenvalue weighted by Crippen LogP contribution is -1.92. The number of hydrogen-bond donors (Lipinski definition) is 0. The Morgan fingerprint density at radius 1 is 1.38 bits per heavy atom. The van der Waals surface area contributed by atoms with Crippen LogP contribution in [-0.2, 0) is 0 Å². The van der Waals surface area contributed by atoms with E-state index in [0.29, 0.717) is 6.61 Å². The highest BCUT2D eigenvalue weighted by atomic mass is 35.6. The highest BCUT2D eigenvalue weighted by Gasteiger charge is 1.93. The molecule has 0 aromatic heterocycles. The van der Waals surface area contributed by atoms with E-state index < -0.39 is 18.2 Å². The summed E-state index contributed by atoms with van der Waals surface area (Å²) in [4.78, 5) is 0. The van der Waals surface area contributed by atoms with Gasteiger partial charge >= 0.3 is 18.2 Å². The highest BCUT2D eigenvalue weighted by molar-refractivity contribution is 7.22. The van der Waals surface area contributed by atoms with Crippen molar-refractivity contribution in [2.75, 3.05) is 6.61 Å². The van der Waals surface area contributed by atoms with E-state index in [9.17, 15) is 0 Å². The fraction of sp³-hybridized carbons (Fsp3) is 0.222. The van der Waals surface area contributed by atoms with Gasteiger partial charge < -0.3 is 22.9 Å². The Morgan fingerprint density at radius 3 is 2.38 bits per heavy atom. The topological polar surface area (TPSA) is 9.23 Å². The summed E-state index contributed by atoms with van der Waals surface area (Å²) >= 11 is -0.639. The standard InChI is InChI=1S/C9H11O.2ClH.Mg/c1-3-10-9-7-5-4-6-8(9)2;;;/h4-7H,2-3H2,1H3;2*1H;/q;;;+2/p-2. The van der Waals surface area contributed by atoms with Gasteiger partial charge in [0.25, 0.3) is 0 Å². The Kier molecular flexibility index (Phi) is 9.19. The second kappa shape index (κ2) is 8.94. The Bertz CT molecular complexity index is 231. The van der Waals surface area contributed by atoms with Crippen LogP contribution >= 0.6 is 18.1 Å². The van der Waals surface area contributed by atoms with E-state index in [4.69, 9.17) is 22.9 Å². The molecule has 0 fully saturated rings. The van der Waals surface area contributed by atoms with Crippen molar-refractivity contribution in [3.8, 4) is 5.75 Å². The van der Waals surface area contributed by atoms with Crippen molar-refractivity contribution < 1.29 is 4.74 Å². The van der Waals surface area contributed by atoms with E-state index in [2.05, 4.69) is 6.92 Å². The Labute approximate surface area is 96.7 Å². The second-order valence-electron chi connectivity index (χ2n) is 2.14. The van der Waals surface area contributed by atoms with Crippen LogP contribution in [0.3, 0.4) is 0 Å². The number of ether oxygens (including phenoxy) is 1. The summed E-state index contributed by atoms with van der Waals surface area (Å²) in [5.74, 6) is 0.880. The molecule has 1 aromatic carbocycles. The minimum absolute atomic E-state index is 0.639. The van der Waals surface area contributed by atoms with Crippen molar-refractivity contribution in [2.24, 2.45) is 0 Å². The minimum atomic E-state index is -0.639. The van der Waals surface area contributed by atoms with E-state index in [1.54, 1.807) is 0 Å². The van der Waals surface area contributed by atoms with Crippen LogP contribution in [0.15, 0.2) is 24.3 Å². The molecular formula is C9H11Cl2MgO. The van der Waals surface area contributed by atoms with Gasteiger partial charge in [-0.1, -0.05) is 18.2 Å². The first-order chi connectivity index (χ1) is 6.26. The summed E-state index contributed by atoms with van der Waals surface area (Å²) in [5.41, 5.74) is 0.948. The third kappa shape index (κ3) is 6.44. The van der Waals surface area contributed by atoms with Gasteiger partial charge in [0.1, 0.15) is 5.75 Å². The van der Waals surface area contributed by atoms with Crippen LogP contribution in [0.4, 0.5) is 0 Å². The molecule has 0 aliphatic carbocycles. The zero-order valence-corrected chi connectivity index (χ0v) is 10.5. The summed E-state index contributed by atoms with van der Waals surface area (Å²) in [6, 6.07) is 7.75. The molecule has 0 bridgehead atoms. The average Bonchev–Trinajstić information content (AvgIpc) is 2.11. The SMILES string of the molecule is [CH2]c1ccccc1OCC.[Cl][Mg][Cl]. The molecule has 0 N–H and O–H groups in total. The number of rotatable bonds is 2. The molecule has 1 radical (unpaired) electrons. The molecule has 4 heteroatoms. The maximum absolute atomic E-state index is 5.27. The van der Waals surface area contributed by atoms with Gasteiger partial charge in [-0.3, -0.25) is 0 Å². The molecule has 1 nitrogen and oxygen atoms in total. The van der Waals surface area contributed by atoms with Gasteiger partial charge in [-0.05, 0) is 25.5 Å². The van der Waals surface area contributed by atoms with Gasteiger partial charge in [-0.25, -0.2) is 0 Å². The zero-order valence-electron chi connectivity index (χ0n) is 7.59. The van der Waals surface area contributed by atoms with Crippen molar-refractivity contribution in [3.05, 3.63) is 36.8 Å². The summed E-state index contributed by atoms with van der Waals surface area (Å²) in [6.45, 7) is 6.48. The van der Waals surface area contributed by atoms with Gasteiger partial charge in [0, 0.05) is 0 Å². The van der Waals surface area contributed by atoms with E-state index in [-0.39, 0.29) is 0 Å². The van der Waals surface area contributed by atoms with E-state index >= 15 is 0 Å². The maximum atomic E-state index is 5.27. The predicted molar refractivity (Wildman–Crippen MR) is 59.5 cm³/mol. The minimum Gasteiger partial charge on any atom is -0.494 e. The molecule has 1 rings (SSSR count). The van der Waals surface area contributed by atoms with Crippen LogP contribution in [-0.4, -0.2) is 24.8 Å². The lowest BCUT2D eigenvalue weighted by Gasteiger charge is -2.04. The predicted octanol–water partition coefficient (Wildman–Crippen LogP) is 3.27. The van der Waals surface area contributed by atoms with Crippen LogP contribution in [0.5, 0.6) is 5.75 Å². The first-order valence-electron chi connectivity index (χ1n) is 3.92. The molecule has 0 atom stereocenters. The third-order valence-corrected chi connectivity index (χ3v) is 1.27. The summed E-state index contributed by atoms with van der Waals surface area (Å²) in [7, 11) is 9.81. The molecule has 1 aromatic rings. The molecule has 0 unspecified atom stereocenters.